The summed E-state index contributed by atoms with van der Waals surface area (Å²) in [5, 5.41) is 8.82. The number of aromatic nitrogens is 3. The number of carboxylic acids is 1. The summed E-state index contributed by atoms with van der Waals surface area (Å²) in [6.07, 6.45) is 3.23. The third-order valence-corrected chi connectivity index (χ3v) is 2.03. The Labute approximate surface area is 84.0 Å². The van der Waals surface area contributed by atoms with Crippen LogP contribution in [0.1, 0.15) is 16.1 Å². The van der Waals surface area contributed by atoms with Gasteiger partial charge in [-0.15, -0.1) is 0 Å². The van der Waals surface area contributed by atoms with Gasteiger partial charge in [-0.2, -0.15) is 4.98 Å². The second-order valence-corrected chi connectivity index (χ2v) is 3.22. The standard InChI is InChI=1S/C8H6ClN3O2/c1-4-2-10-8-11-6(9)5(7(13)14)12(8)3-4/h2-3H,1H3,(H,13,14). The fourth-order valence-electron chi connectivity index (χ4n) is 1.20. The van der Waals surface area contributed by atoms with Gasteiger partial charge in [0.2, 0.25) is 5.78 Å². The highest BCUT2D eigenvalue weighted by Crippen LogP contribution is 2.16. The van der Waals surface area contributed by atoms with Crippen molar-refractivity contribution < 1.29 is 9.90 Å². The Morgan fingerprint density at radius 1 is 1.64 bits per heavy atom. The van der Waals surface area contributed by atoms with E-state index < -0.39 is 5.97 Å². The first-order valence-corrected chi connectivity index (χ1v) is 4.21. The van der Waals surface area contributed by atoms with Crippen LogP contribution in [-0.2, 0) is 0 Å². The lowest BCUT2D eigenvalue weighted by Crippen LogP contribution is -2.03. The summed E-state index contributed by atoms with van der Waals surface area (Å²) in [5.74, 6) is -0.826. The predicted molar refractivity (Wildman–Crippen MR) is 49.7 cm³/mol. The molecule has 0 unspecified atom stereocenters. The Bertz CT molecular complexity index is 521. The van der Waals surface area contributed by atoms with Gasteiger partial charge in [0.15, 0.2) is 10.8 Å². The zero-order valence-corrected chi connectivity index (χ0v) is 7.99. The van der Waals surface area contributed by atoms with Crippen LogP contribution in [0.3, 0.4) is 0 Å². The normalized spacial score (nSPS) is 10.7. The maximum Gasteiger partial charge on any atom is 0.356 e. The van der Waals surface area contributed by atoms with Crippen LogP contribution in [0, 0.1) is 6.92 Å². The largest absolute Gasteiger partial charge is 0.476 e. The lowest BCUT2D eigenvalue weighted by Gasteiger charge is -1.96. The maximum atomic E-state index is 10.8. The molecular weight excluding hydrogens is 206 g/mol. The Hall–Kier alpha value is -1.62. The minimum absolute atomic E-state index is 0.0457. The molecule has 2 heterocycles. The molecule has 0 aliphatic carbocycles. The highest BCUT2D eigenvalue weighted by molar-refractivity contribution is 6.32. The SMILES string of the molecule is Cc1cnc2nc(Cl)c(C(=O)O)n2c1. The molecule has 0 bridgehead atoms. The van der Waals surface area contributed by atoms with Crippen molar-refractivity contribution in [2.45, 2.75) is 6.92 Å². The van der Waals surface area contributed by atoms with Crippen LogP contribution < -0.4 is 0 Å². The van der Waals surface area contributed by atoms with E-state index in [1.54, 1.807) is 12.4 Å². The lowest BCUT2D eigenvalue weighted by molar-refractivity contribution is 0.0689. The molecule has 0 aromatic carbocycles. The predicted octanol–water partition coefficient (Wildman–Crippen LogP) is 1.39. The van der Waals surface area contributed by atoms with Crippen LogP contribution >= 0.6 is 11.6 Å². The van der Waals surface area contributed by atoms with Gasteiger partial charge in [-0.25, -0.2) is 9.78 Å². The van der Waals surface area contributed by atoms with E-state index in [9.17, 15) is 4.79 Å². The average Bonchev–Trinajstić information content (AvgIpc) is 2.40. The van der Waals surface area contributed by atoms with Crippen molar-refractivity contribution in [3.8, 4) is 0 Å². The fourth-order valence-corrected chi connectivity index (χ4v) is 1.44. The highest BCUT2D eigenvalue weighted by Gasteiger charge is 2.17. The molecule has 0 fully saturated rings. The monoisotopic (exact) mass is 211 g/mol. The molecule has 0 spiro atoms. The topological polar surface area (TPSA) is 67.5 Å². The molecule has 2 aromatic heterocycles. The smallest absolute Gasteiger partial charge is 0.356 e. The van der Waals surface area contributed by atoms with Crippen LogP contribution in [0.4, 0.5) is 0 Å². The van der Waals surface area contributed by atoms with E-state index in [4.69, 9.17) is 16.7 Å². The summed E-state index contributed by atoms with van der Waals surface area (Å²) in [6, 6.07) is 0. The minimum Gasteiger partial charge on any atom is -0.476 e. The average molecular weight is 212 g/mol. The van der Waals surface area contributed by atoms with E-state index in [1.165, 1.54) is 4.40 Å². The number of nitrogens with zero attached hydrogens (tertiary/aromatic N) is 3. The van der Waals surface area contributed by atoms with Gasteiger partial charge in [0.25, 0.3) is 0 Å². The van der Waals surface area contributed by atoms with Crippen molar-refractivity contribution in [3.63, 3.8) is 0 Å². The van der Waals surface area contributed by atoms with Crippen molar-refractivity contribution >= 4 is 23.3 Å². The van der Waals surface area contributed by atoms with Crippen LogP contribution in [0.15, 0.2) is 12.4 Å². The summed E-state index contributed by atoms with van der Waals surface area (Å²) in [4.78, 5) is 18.6. The van der Waals surface area contributed by atoms with Gasteiger partial charge in [-0.1, -0.05) is 11.6 Å². The number of halogens is 1. The molecule has 0 aliphatic rings. The van der Waals surface area contributed by atoms with Crippen molar-refractivity contribution in [2.24, 2.45) is 0 Å². The number of rotatable bonds is 1. The first kappa shape index (κ1) is 8.96. The third-order valence-electron chi connectivity index (χ3n) is 1.77. The van der Waals surface area contributed by atoms with Gasteiger partial charge in [0.05, 0.1) is 0 Å². The number of aromatic carboxylic acids is 1. The summed E-state index contributed by atoms with van der Waals surface area (Å²) in [7, 11) is 0. The lowest BCUT2D eigenvalue weighted by atomic mass is 10.4. The molecule has 6 heteroatoms. The molecule has 0 amide bonds. The number of carbonyl (C=O) groups is 1. The summed E-state index contributed by atoms with van der Waals surface area (Å²) in [5.41, 5.74) is 0.784. The molecule has 5 nitrogen and oxygen atoms in total. The van der Waals surface area contributed by atoms with E-state index in [-0.39, 0.29) is 16.6 Å². The van der Waals surface area contributed by atoms with Crippen LogP contribution in [0.2, 0.25) is 5.15 Å². The number of aryl methyl sites for hydroxylation is 1. The molecule has 0 radical (unpaired) electrons. The Balaban J connectivity index is 2.86. The number of hydrogen-bond acceptors (Lipinski definition) is 3. The first-order valence-electron chi connectivity index (χ1n) is 3.83. The number of carboxylic acid groups (broad SMARTS) is 1. The van der Waals surface area contributed by atoms with Crippen LogP contribution in [0.25, 0.3) is 5.78 Å². The highest BCUT2D eigenvalue weighted by atomic mass is 35.5. The van der Waals surface area contributed by atoms with Crippen molar-refractivity contribution in [3.05, 3.63) is 28.8 Å². The molecule has 0 saturated heterocycles. The van der Waals surface area contributed by atoms with Gasteiger partial charge in [-0.3, -0.25) is 4.40 Å². The summed E-state index contributed by atoms with van der Waals surface area (Å²) < 4.78 is 1.36. The molecule has 14 heavy (non-hydrogen) atoms. The zero-order chi connectivity index (χ0) is 10.3. The van der Waals surface area contributed by atoms with E-state index in [0.29, 0.717) is 0 Å². The molecule has 0 saturated carbocycles. The van der Waals surface area contributed by atoms with Crippen molar-refractivity contribution in [1.82, 2.24) is 14.4 Å². The summed E-state index contributed by atoms with van der Waals surface area (Å²) >= 11 is 5.66. The van der Waals surface area contributed by atoms with E-state index >= 15 is 0 Å². The molecule has 72 valence electrons. The molecule has 0 atom stereocenters. The third kappa shape index (κ3) is 1.22. The molecule has 2 aromatic rings. The molecule has 1 N–H and O–H groups in total. The summed E-state index contributed by atoms with van der Waals surface area (Å²) in [6.45, 7) is 1.81. The molecule has 2 rings (SSSR count). The second kappa shape index (κ2) is 2.95. The van der Waals surface area contributed by atoms with Gasteiger partial charge in [-0.05, 0) is 12.5 Å². The van der Waals surface area contributed by atoms with Gasteiger partial charge in [0, 0.05) is 12.4 Å². The zero-order valence-electron chi connectivity index (χ0n) is 7.23. The van der Waals surface area contributed by atoms with Crippen molar-refractivity contribution in [1.29, 1.82) is 0 Å². The molecular formula is C8H6ClN3O2. The quantitative estimate of drug-likeness (QED) is 0.774. The second-order valence-electron chi connectivity index (χ2n) is 2.86. The fraction of sp³-hybridized carbons (Fsp3) is 0.125. The van der Waals surface area contributed by atoms with Crippen LogP contribution in [0.5, 0.6) is 0 Å². The number of imidazole rings is 1. The first-order chi connectivity index (χ1) is 6.59. The minimum atomic E-state index is -1.12. The van der Waals surface area contributed by atoms with E-state index in [0.717, 1.165) is 5.56 Å². The van der Waals surface area contributed by atoms with Gasteiger partial charge < -0.3 is 5.11 Å². The van der Waals surface area contributed by atoms with Gasteiger partial charge in [0.1, 0.15) is 0 Å². The Morgan fingerprint density at radius 2 is 2.36 bits per heavy atom. The number of fused-ring (bicyclic) bond motifs is 1. The number of hydrogen-bond donors (Lipinski definition) is 1. The van der Waals surface area contributed by atoms with E-state index in [2.05, 4.69) is 9.97 Å². The van der Waals surface area contributed by atoms with E-state index in [1.807, 2.05) is 6.92 Å². The maximum absolute atomic E-state index is 10.8. The van der Waals surface area contributed by atoms with Crippen molar-refractivity contribution in [2.75, 3.05) is 0 Å². The van der Waals surface area contributed by atoms with Crippen LogP contribution in [-0.4, -0.2) is 25.4 Å². The Kier molecular flexibility index (Phi) is 1.89. The Morgan fingerprint density at radius 3 is 3.00 bits per heavy atom. The van der Waals surface area contributed by atoms with Gasteiger partial charge >= 0.3 is 5.97 Å². The molecule has 0 aliphatic heterocycles.